The summed E-state index contributed by atoms with van der Waals surface area (Å²) in [4.78, 5) is 14.9. The predicted octanol–water partition coefficient (Wildman–Crippen LogP) is 3.82. The van der Waals surface area contributed by atoms with Crippen molar-refractivity contribution >= 4 is 0 Å². The van der Waals surface area contributed by atoms with Gasteiger partial charge in [0.2, 0.25) is 0 Å². The summed E-state index contributed by atoms with van der Waals surface area (Å²) in [6.07, 6.45) is 8.80. The molecule has 8 fully saturated rings. The second-order valence-electron chi connectivity index (χ2n) is 23.2. The van der Waals surface area contributed by atoms with Crippen LogP contribution in [-0.2, 0) is 0 Å². The molecule has 70 heavy (non-hydrogen) atoms. The molecule has 14 nitrogen and oxygen atoms in total. The molecule has 0 aromatic heterocycles. The number of halogens is 3. The van der Waals surface area contributed by atoms with Crippen molar-refractivity contribution in [3.63, 3.8) is 0 Å². The van der Waals surface area contributed by atoms with Crippen LogP contribution in [-0.4, -0.2) is 272 Å². The third kappa shape index (κ3) is 30.6. The van der Waals surface area contributed by atoms with Crippen LogP contribution in [0.25, 0.3) is 0 Å². The first-order valence-electron chi connectivity index (χ1n) is 27.4. The van der Waals surface area contributed by atoms with Gasteiger partial charge in [-0.2, -0.15) is 0 Å². The van der Waals surface area contributed by atoms with Gasteiger partial charge in [-0.15, -0.1) is 0 Å². The molecule has 1 saturated carbocycles. The Morgan fingerprint density at radius 1 is 0.329 bits per heavy atom. The Morgan fingerprint density at radius 2 is 0.843 bits per heavy atom. The smallest absolute Gasteiger partial charge is 0.115 e. The van der Waals surface area contributed by atoms with Gasteiger partial charge in [-0.1, -0.05) is 13.8 Å². The largest absolute Gasteiger partial charge is 0.393 e. The maximum absolute atomic E-state index is 12.7. The topological polar surface area (TPSA) is 164 Å². The Hall–Kier alpha value is -0.770. The van der Waals surface area contributed by atoms with Crippen molar-refractivity contribution in [1.29, 1.82) is 0 Å². The number of nitrogens with zero attached hydrogens (tertiary/aromatic N) is 7. The van der Waals surface area contributed by atoms with E-state index in [0.717, 1.165) is 116 Å². The van der Waals surface area contributed by atoms with Gasteiger partial charge in [-0.05, 0) is 183 Å². The molecule has 0 aromatic carbocycles. The summed E-state index contributed by atoms with van der Waals surface area (Å²) in [6.45, 7) is 17.7. The standard InChI is InChI=1S/C8H15NO.3C8H17NO.3C7H14FNO/c1-9-4-7-2-6(7)3-8(10)5-9;1-7-3-5-9(2)6-4-8(7)10;1-7-6-9(2)5-3-4-8(7)10;1-7-6-8(10)4-3-5-9(7)2;1-9-3-2-7(10)4-6(8)5-9;1-9-3-2-6(8)4-7(10)5-9;1-9-4-6(8)2-3-7(10)5-9/h6-8,10H,2-5H2,1H3;3*7-8,10H,3-6H2,1-2H3;3*6-7,10H,2-5H2,1H3. The molecule has 8 aliphatic rings. The number of β-amino-alcohol motifs (C(OH)–C–C–N with tert-alkyl or cyclic N) is 3. The Kier molecular flexibility index (Phi) is 33.1. The van der Waals surface area contributed by atoms with E-state index in [-0.39, 0.29) is 30.5 Å². The van der Waals surface area contributed by atoms with Crippen LogP contribution in [0.1, 0.15) is 117 Å². The SMILES string of the molecule is CC1CC(O)CCCN1C.CC1CCN(C)CCC1O.CC1CN(C)CCCC1O.CN1CC(O)CC2CC2C1.CN1CC(O)CCC(F)C1.CN1CCC(F)CC(O)C1.CN1CCC(O)CC(F)C1. The summed E-state index contributed by atoms with van der Waals surface area (Å²) >= 11 is 0. The van der Waals surface area contributed by atoms with Crippen molar-refractivity contribution < 1.29 is 48.9 Å². The minimum absolute atomic E-state index is 0.0532. The first-order chi connectivity index (χ1) is 32.9. The average molecular weight is 1010 g/mol. The van der Waals surface area contributed by atoms with Gasteiger partial charge in [0.1, 0.15) is 18.5 Å². The van der Waals surface area contributed by atoms with E-state index in [9.17, 15) is 33.6 Å². The first kappa shape index (κ1) is 65.3. The van der Waals surface area contributed by atoms with Crippen LogP contribution in [0, 0.1) is 23.7 Å². The third-order valence-corrected chi connectivity index (χ3v) is 15.5. The van der Waals surface area contributed by atoms with E-state index in [4.69, 9.17) is 15.3 Å². The van der Waals surface area contributed by atoms with Crippen LogP contribution in [0.15, 0.2) is 0 Å². The lowest BCUT2D eigenvalue weighted by molar-refractivity contribution is 0.107. The quantitative estimate of drug-likeness (QED) is 0.188. The fourth-order valence-electron chi connectivity index (χ4n) is 10.4. The minimum Gasteiger partial charge on any atom is -0.393 e. The van der Waals surface area contributed by atoms with E-state index < -0.39 is 30.7 Å². The van der Waals surface area contributed by atoms with E-state index >= 15 is 0 Å². The van der Waals surface area contributed by atoms with Crippen LogP contribution >= 0.6 is 0 Å². The van der Waals surface area contributed by atoms with E-state index in [1.54, 1.807) is 0 Å². The van der Waals surface area contributed by atoms with Gasteiger partial charge < -0.3 is 70.0 Å². The van der Waals surface area contributed by atoms with Crippen molar-refractivity contribution in [1.82, 2.24) is 34.3 Å². The number of likely N-dealkylation sites (tertiary alicyclic amines) is 7. The fraction of sp³-hybridized carbons (Fsp3) is 1.00. The number of likely N-dealkylation sites (N-methyl/N-ethyl adjacent to an activating group) is 3. The third-order valence-electron chi connectivity index (χ3n) is 15.5. The highest BCUT2D eigenvalue weighted by Gasteiger charge is 2.41. The number of hydrogen-bond acceptors (Lipinski definition) is 14. The lowest BCUT2D eigenvalue weighted by atomic mass is 10.0. The number of aliphatic hydroxyl groups is 7. The molecule has 15 atom stereocenters. The van der Waals surface area contributed by atoms with Crippen molar-refractivity contribution in [2.45, 2.75) is 184 Å². The Bertz CT molecular complexity index is 1140. The minimum atomic E-state index is -0.845. The molecule has 7 heterocycles. The van der Waals surface area contributed by atoms with E-state index in [1.165, 1.54) is 13.0 Å². The zero-order valence-corrected chi connectivity index (χ0v) is 45.9. The fourth-order valence-corrected chi connectivity index (χ4v) is 10.4. The van der Waals surface area contributed by atoms with Crippen molar-refractivity contribution in [2.24, 2.45) is 23.7 Å². The molecule has 0 radical (unpaired) electrons. The molecule has 0 amide bonds. The molecule has 418 valence electrons. The lowest BCUT2D eigenvalue weighted by Gasteiger charge is -2.21. The monoisotopic (exact) mass is 1010 g/mol. The maximum Gasteiger partial charge on any atom is 0.115 e. The summed E-state index contributed by atoms with van der Waals surface area (Å²) < 4.78 is 38.1. The molecule has 17 heteroatoms. The summed E-state index contributed by atoms with van der Waals surface area (Å²) in [5.41, 5.74) is 0. The molecule has 7 aliphatic heterocycles. The molecule has 7 saturated heterocycles. The maximum atomic E-state index is 12.7. The number of aliphatic hydroxyl groups excluding tert-OH is 7. The lowest BCUT2D eigenvalue weighted by Crippen LogP contribution is -2.29. The summed E-state index contributed by atoms with van der Waals surface area (Å²) in [7, 11) is 14.1. The van der Waals surface area contributed by atoms with Crippen LogP contribution < -0.4 is 0 Å². The van der Waals surface area contributed by atoms with Gasteiger partial charge in [0.15, 0.2) is 0 Å². The summed E-state index contributed by atoms with van der Waals surface area (Å²) in [5.74, 6) is 2.72. The summed E-state index contributed by atoms with van der Waals surface area (Å²) in [6, 6.07) is 0.553. The van der Waals surface area contributed by atoms with E-state index in [2.05, 4.69) is 68.6 Å². The molecule has 15 unspecified atom stereocenters. The normalized spacial score (nSPS) is 39.0. The second-order valence-corrected chi connectivity index (χ2v) is 23.2. The molecular formula is C53H108F3N7O7. The average Bonchev–Trinajstić information content (AvgIpc) is 4.12. The van der Waals surface area contributed by atoms with Crippen molar-refractivity contribution in [3.8, 4) is 0 Å². The van der Waals surface area contributed by atoms with Crippen LogP contribution in [0.5, 0.6) is 0 Å². The molecule has 8 rings (SSSR count). The van der Waals surface area contributed by atoms with Gasteiger partial charge in [0.05, 0.1) is 42.7 Å². The van der Waals surface area contributed by atoms with Crippen LogP contribution in [0.2, 0.25) is 0 Å². The molecule has 0 spiro atoms. The predicted molar refractivity (Wildman–Crippen MR) is 278 cm³/mol. The summed E-state index contributed by atoms with van der Waals surface area (Å²) in [5, 5.41) is 65.1. The van der Waals surface area contributed by atoms with Gasteiger partial charge >= 0.3 is 0 Å². The van der Waals surface area contributed by atoms with E-state index in [0.29, 0.717) is 82.6 Å². The molecule has 7 N–H and O–H groups in total. The number of rotatable bonds is 0. The van der Waals surface area contributed by atoms with Crippen molar-refractivity contribution in [3.05, 3.63) is 0 Å². The van der Waals surface area contributed by atoms with Gasteiger partial charge in [-0.3, -0.25) is 0 Å². The molecule has 0 aromatic rings. The van der Waals surface area contributed by atoms with Gasteiger partial charge in [0.25, 0.3) is 0 Å². The zero-order valence-electron chi connectivity index (χ0n) is 45.9. The number of alkyl halides is 3. The van der Waals surface area contributed by atoms with Crippen LogP contribution in [0.4, 0.5) is 13.2 Å². The highest BCUT2D eigenvalue weighted by atomic mass is 19.1. The first-order valence-corrected chi connectivity index (χ1v) is 27.4. The van der Waals surface area contributed by atoms with Gasteiger partial charge in [-0.25, -0.2) is 13.2 Å². The molecular weight excluding hydrogens is 904 g/mol. The van der Waals surface area contributed by atoms with Crippen LogP contribution in [0.3, 0.4) is 0 Å². The number of fused-ring (bicyclic) bond motifs is 1. The van der Waals surface area contributed by atoms with E-state index in [1.807, 2.05) is 35.8 Å². The Balaban J connectivity index is 0.000000280. The van der Waals surface area contributed by atoms with Gasteiger partial charge in [0, 0.05) is 84.3 Å². The highest BCUT2D eigenvalue weighted by molar-refractivity contribution is 4.93. The van der Waals surface area contributed by atoms with Crippen molar-refractivity contribution in [2.75, 3.05) is 134 Å². The number of hydrogen-bond donors (Lipinski definition) is 7. The zero-order chi connectivity index (χ0) is 52.5. The second kappa shape index (κ2) is 35.5. The highest BCUT2D eigenvalue weighted by Crippen LogP contribution is 2.44. The molecule has 1 aliphatic carbocycles. The molecule has 0 bridgehead atoms. The Labute approximate surface area is 424 Å². The Morgan fingerprint density at radius 3 is 1.56 bits per heavy atom.